The van der Waals surface area contributed by atoms with E-state index in [2.05, 4.69) is 0 Å². The monoisotopic (exact) mass is 274 g/mol. The van der Waals surface area contributed by atoms with Crippen LogP contribution in [0.2, 0.25) is 0 Å². The third kappa shape index (κ3) is 4.13. The van der Waals surface area contributed by atoms with Gasteiger partial charge in [-0.2, -0.15) is 0 Å². The maximum Gasteiger partial charge on any atom is 0.158 e. The first-order valence-electron chi connectivity index (χ1n) is 5.67. The molecule has 5 nitrogen and oxygen atoms in total. The quantitative estimate of drug-likeness (QED) is 0.663. The Kier molecular flexibility index (Phi) is 5.77. The van der Waals surface area contributed by atoms with Crippen LogP contribution < -0.4 is 4.74 Å². The molecule has 20 heavy (non-hydrogen) atoms. The Balaban J connectivity index is 0.000000200. The third-order valence-electron chi connectivity index (χ3n) is 2.40. The van der Waals surface area contributed by atoms with Crippen LogP contribution in [0, 0.1) is 0 Å². The number of carbonyl (C=O) groups is 2. The molecule has 0 aliphatic carbocycles. The van der Waals surface area contributed by atoms with E-state index in [0.29, 0.717) is 23.2 Å². The molecule has 0 heterocycles. The highest BCUT2D eigenvalue weighted by Crippen LogP contribution is 2.23. The van der Waals surface area contributed by atoms with Crippen LogP contribution in [0.25, 0.3) is 0 Å². The lowest BCUT2D eigenvalue weighted by molar-refractivity contribution is 0.111. The van der Waals surface area contributed by atoms with Gasteiger partial charge >= 0.3 is 0 Å². The van der Waals surface area contributed by atoms with Crippen LogP contribution in [0.1, 0.15) is 20.7 Å². The second-order valence-corrected chi connectivity index (χ2v) is 3.73. The number of ether oxygens (including phenoxy) is 1. The first-order valence-corrected chi connectivity index (χ1v) is 5.67. The Hall–Kier alpha value is -2.82. The van der Waals surface area contributed by atoms with E-state index in [0.717, 1.165) is 6.29 Å². The summed E-state index contributed by atoms with van der Waals surface area (Å²) in [4.78, 5) is 20.4. The number of phenolic OH excluding ortho intramolecular Hbond substituents is 2. The van der Waals surface area contributed by atoms with Gasteiger partial charge < -0.3 is 14.9 Å². The molecule has 0 aliphatic heterocycles. The molecule has 0 bridgehead atoms. The predicted octanol–water partition coefficient (Wildman–Crippen LogP) is 2.42. The molecular weight excluding hydrogens is 260 g/mol. The fourth-order valence-corrected chi connectivity index (χ4v) is 1.38. The molecule has 0 aromatic heterocycles. The largest absolute Gasteiger partial charge is 0.504 e. The fourth-order valence-electron chi connectivity index (χ4n) is 1.38. The number of aldehydes is 2. The summed E-state index contributed by atoms with van der Waals surface area (Å²) in [6.45, 7) is 0. The molecule has 0 spiro atoms. The molecule has 0 fully saturated rings. The number of hydrogen-bond donors (Lipinski definition) is 2. The van der Waals surface area contributed by atoms with Gasteiger partial charge in [0.25, 0.3) is 0 Å². The van der Waals surface area contributed by atoms with Gasteiger partial charge in [-0.15, -0.1) is 0 Å². The summed E-state index contributed by atoms with van der Waals surface area (Å²) >= 11 is 0. The predicted molar refractivity (Wildman–Crippen MR) is 73.5 cm³/mol. The van der Waals surface area contributed by atoms with Gasteiger partial charge in [-0.25, -0.2) is 0 Å². The average molecular weight is 274 g/mol. The lowest BCUT2D eigenvalue weighted by Gasteiger charge is -1.99. The Bertz CT molecular complexity index is 593. The number of rotatable bonds is 3. The van der Waals surface area contributed by atoms with Crippen molar-refractivity contribution in [1.82, 2.24) is 0 Å². The number of methoxy groups -OCH3 is 1. The van der Waals surface area contributed by atoms with Gasteiger partial charge in [0.1, 0.15) is 12.0 Å². The summed E-state index contributed by atoms with van der Waals surface area (Å²) in [5.41, 5.74) is 0.931. The number of carbonyl (C=O) groups excluding carboxylic acids is 2. The maximum atomic E-state index is 10.3. The highest BCUT2D eigenvalue weighted by molar-refractivity contribution is 5.79. The second kappa shape index (κ2) is 7.58. The van der Waals surface area contributed by atoms with E-state index in [1.165, 1.54) is 18.2 Å². The fraction of sp³-hybridized carbons (Fsp3) is 0.0667. The molecule has 2 rings (SSSR count). The Morgan fingerprint density at radius 3 is 2.15 bits per heavy atom. The first-order chi connectivity index (χ1) is 9.62. The van der Waals surface area contributed by atoms with E-state index in [9.17, 15) is 9.59 Å². The third-order valence-corrected chi connectivity index (χ3v) is 2.40. The van der Waals surface area contributed by atoms with Gasteiger partial charge in [-0.1, -0.05) is 12.1 Å². The van der Waals surface area contributed by atoms with Crippen LogP contribution in [0.5, 0.6) is 17.2 Å². The van der Waals surface area contributed by atoms with Gasteiger partial charge in [-0.05, 0) is 30.3 Å². The average Bonchev–Trinajstić information content (AvgIpc) is 2.50. The number of phenols is 2. The lowest BCUT2D eigenvalue weighted by Crippen LogP contribution is -1.88. The van der Waals surface area contributed by atoms with E-state index < -0.39 is 0 Å². The number of hydrogen-bond acceptors (Lipinski definition) is 5. The van der Waals surface area contributed by atoms with Crippen molar-refractivity contribution in [2.24, 2.45) is 0 Å². The van der Waals surface area contributed by atoms with Crippen molar-refractivity contribution in [3.63, 3.8) is 0 Å². The molecule has 2 N–H and O–H groups in total. The zero-order chi connectivity index (χ0) is 15.0. The molecule has 0 radical (unpaired) electrons. The van der Waals surface area contributed by atoms with E-state index in [1.54, 1.807) is 25.3 Å². The molecule has 0 amide bonds. The minimum atomic E-state index is -0.274. The van der Waals surface area contributed by atoms with Crippen LogP contribution in [0.4, 0.5) is 0 Å². The Morgan fingerprint density at radius 1 is 0.950 bits per heavy atom. The van der Waals surface area contributed by atoms with Crippen molar-refractivity contribution in [3.05, 3.63) is 53.6 Å². The van der Waals surface area contributed by atoms with Crippen molar-refractivity contribution in [3.8, 4) is 17.2 Å². The van der Waals surface area contributed by atoms with Crippen molar-refractivity contribution in [1.29, 1.82) is 0 Å². The number of benzene rings is 2. The summed E-state index contributed by atoms with van der Waals surface area (Å²) in [6.07, 6.45) is 1.37. The smallest absolute Gasteiger partial charge is 0.158 e. The molecule has 0 aliphatic rings. The standard InChI is InChI=1S/C8H8O2.C7H6O3/c1-10-8-5-3-2-4-7(8)6-9;8-4-5-1-2-6(9)7(10)3-5/h2-6H,1H3;1-4,9-10H. The highest BCUT2D eigenvalue weighted by atomic mass is 16.5. The van der Waals surface area contributed by atoms with Gasteiger partial charge in [0.15, 0.2) is 17.8 Å². The Morgan fingerprint density at radius 2 is 1.65 bits per heavy atom. The van der Waals surface area contributed by atoms with Crippen LogP contribution in [0.15, 0.2) is 42.5 Å². The van der Waals surface area contributed by atoms with Gasteiger partial charge in [0.05, 0.1) is 12.7 Å². The van der Waals surface area contributed by atoms with Crippen LogP contribution in [-0.2, 0) is 0 Å². The SMILES string of the molecule is COc1ccccc1C=O.O=Cc1ccc(O)c(O)c1. The van der Waals surface area contributed by atoms with Crippen molar-refractivity contribution in [2.45, 2.75) is 0 Å². The zero-order valence-corrected chi connectivity index (χ0v) is 10.8. The van der Waals surface area contributed by atoms with E-state index >= 15 is 0 Å². The van der Waals surface area contributed by atoms with Crippen LogP contribution in [-0.4, -0.2) is 29.9 Å². The molecule has 0 saturated heterocycles. The number of aromatic hydroxyl groups is 2. The molecule has 104 valence electrons. The second-order valence-electron chi connectivity index (χ2n) is 3.73. The normalized spacial score (nSPS) is 9.05. The summed E-state index contributed by atoms with van der Waals surface area (Å²) in [5, 5.41) is 17.6. The number of para-hydroxylation sites is 1. The molecule has 2 aromatic carbocycles. The minimum Gasteiger partial charge on any atom is -0.504 e. The molecule has 0 saturated carbocycles. The zero-order valence-electron chi connectivity index (χ0n) is 10.8. The maximum absolute atomic E-state index is 10.3. The highest BCUT2D eigenvalue weighted by Gasteiger charge is 1.98. The topological polar surface area (TPSA) is 83.8 Å². The minimum absolute atomic E-state index is 0.217. The molecule has 5 heteroatoms. The van der Waals surface area contributed by atoms with Crippen molar-refractivity contribution < 1.29 is 24.5 Å². The van der Waals surface area contributed by atoms with E-state index in [4.69, 9.17) is 14.9 Å². The van der Waals surface area contributed by atoms with Gasteiger partial charge in [0.2, 0.25) is 0 Å². The molecule has 2 aromatic rings. The summed E-state index contributed by atoms with van der Waals surface area (Å²) in [5.74, 6) is 0.132. The molecular formula is C15H14O5. The first kappa shape index (κ1) is 15.2. The Labute approximate surface area is 116 Å². The van der Waals surface area contributed by atoms with Gasteiger partial charge in [0, 0.05) is 5.56 Å². The van der Waals surface area contributed by atoms with E-state index in [1.807, 2.05) is 6.07 Å². The van der Waals surface area contributed by atoms with E-state index in [-0.39, 0.29) is 11.5 Å². The van der Waals surface area contributed by atoms with Crippen LogP contribution >= 0.6 is 0 Å². The summed E-state index contributed by atoms with van der Waals surface area (Å²) in [6, 6.07) is 11.0. The van der Waals surface area contributed by atoms with Crippen molar-refractivity contribution in [2.75, 3.05) is 7.11 Å². The lowest BCUT2D eigenvalue weighted by atomic mass is 10.2. The molecule has 0 atom stereocenters. The summed E-state index contributed by atoms with van der Waals surface area (Å²) < 4.78 is 4.90. The van der Waals surface area contributed by atoms with Crippen molar-refractivity contribution >= 4 is 12.6 Å². The summed E-state index contributed by atoms with van der Waals surface area (Å²) in [7, 11) is 1.54. The molecule has 0 unspecified atom stereocenters. The van der Waals surface area contributed by atoms with Crippen LogP contribution in [0.3, 0.4) is 0 Å². The van der Waals surface area contributed by atoms with Gasteiger partial charge in [-0.3, -0.25) is 9.59 Å².